The Balaban J connectivity index is 1.12. The van der Waals surface area contributed by atoms with Crippen molar-refractivity contribution in [2.75, 3.05) is 85.4 Å². The summed E-state index contributed by atoms with van der Waals surface area (Å²) in [6, 6.07) is 8.03. The predicted octanol–water partition coefficient (Wildman–Crippen LogP) is 1.64. The van der Waals surface area contributed by atoms with Gasteiger partial charge < -0.3 is 14.5 Å². The Hall–Kier alpha value is -1.03. The fourth-order valence-electron chi connectivity index (χ4n) is 5.41. The first-order chi connectivity index (χ1) is 15.9. The maximum absolute atomic E-state index is 11.7. The molecule has 3 heterocycles. The fourth-order valence-corrected chi connectivity index (χ4v) is 6.04. The van der Waals surface area contributed by atoms with Gasteiger partial charge in [0.1, 0.15) is 0 Å². The lowest BCUT2D eigenvalue weighted by atomic mass is 9.91. The van der Waals surface area contributed by atoms with Gasteiger partial charge in [-0.3, -0.25) is 9.80 Å². The summed E-state index contributed by atoms with van der Waals surface area (Å²) in [5.74, 6) is 0.667. The number of likely N-dealkylation sites (N-methyl/N-ethyl adjacent to an activating group) is 1. The van der Waals surface area contributed by atoms with Crippen molar-refractivity contribution >= 4 is 9.84 Å². The highest BCUT2D eigenvalue weighted by molar-refractivity contribution is 7.90. The number of hydrogen-bond acceptors (Lipinski definition) is 7. The van der Waals surface area contributed by atoms with Crippen molar-refractivity contribution < 1.29 is 13.2 Å². The highest BCUT2D eigenvalue weighted by Gasteiger charge is 2.32. The van der Waals surface area contributed by atoms with Crippen LogP contribution in [0.15, 0.2) is 29.2 Å². The van der Waals surface area contributed by atoms with Crippen LogP contribution in [0.25, 0.3) is 0 Å². The molecule has 4 rings (SSSR count). The average Bonchev–Trinajstić information content (AvgIpc) is 2.80. The fraction of sp³-hybridized carbons (Fsp3) is 0.760. The van der Waals surface area contributed by atoms with Crippen molar-refractivity contribution in [2.45, 2.75) is 36.7 Å². The van der Waals surface area contributed by atoms with Gasteiger partial charge in [0.05, 0.1) is 11.5 Å². The second-order valence-corrected chi connectivity index (χ2v) is 12.3. The van der Waals surface area contributed by atoms with Gasteiger partial charge in [0, 0.05) is 84.4 Å². The topological polar surface area (TPSA) is 56.3 Å². The third kappa shape index (κ3) is 7.47. The van der Waals surface area contributed by atoms with Gasteiger partial charge in [-0.05, 0) is 49.9 Å². The molecule has 33 heavy (non-hydrogen) atoms. The number of sulfone groups is 1. The molecule has 1 aromatic carbocycles. The van der Waals surface area contributed by atoms with E-state index in [2.05, 4.69) is 26.6 Å². The molecule has 0 amide bonds. The molecular formula is C25H42N4O3S. The Kier molecular flexibility index (Phi) is 8.81. The lowest BCUT2D eigenvalue weighted by molar-refractivity contribution is -0.00336. The summed E-state index contributed by atoms with van der Waals surface area (Å²) in [4.78, 5) is 10.6. The summed E-state index contributed by atoms with van der Waals surface area (Å²) < 4.78 is 29.4. The van der Waals surface area contributed by atoms with E-state index in [4.69, 9.17) is 4.74 Å². The number of nitrogens with zero attached hydrogens (tertiary/aromatic N) is 4. The summed E-state index contributed by atoms with van der Waals surface area (Å²) in [6.45, 7) is 13.1. The SMILES string of the molecule is CN1CCN(CCCOCC2CCC3CN(Cc4ccc(S(C)(=O)=O)cc4)CCN3C2)CC1. The van der Waals surface area contributed by atoms with E-state index in [9.17, 15) is 8.42 Å². The van der Waals surface area contributed by atoms with E-state index in [1.807, 2.05) is 12.1 Å². The summed E-state index contributed by atoms with van der Waals surface area (Å²) in [7, 11) is -0.921. The zero-order valence-corrected chi connectivity index (χ0v) is 21.3. The monoisotopic (exact) mass is 478 g/mol. The molecule has 3 aliphatic rings. The lowest BCUT2D eigenvalue weighted by Gasteiger charge is -2.46. The van der Waals surface area contributed by atoms with Gasteiger partial charge in [-0.15, -0.1) is 0 Å². The molecule has 7 nitrogen and oxygen atoms in total. The van der Waals surface area contributed by atoms with Crippen LogP contribution in [0, 0.1) is 5.92 Å². The van der Waals surface area contributed by atoms with Crippen LogP contribution >= 0.6 is 0 Å². The average molecular weight is 479 g/mol. The molecular weight excluding hydrogens is 436 g/mol. The van der Waals surface area contributed by atoms with Crippen molar-refractivity contribution in [1.82, 2.24) is 19.6 Å². The second-order valence-electron chi connectivity index (χ2n) is 10.3. The molecule has 2 unspecified atom stereocenters. The maximum Gasteiger partial charge on any atom is 0.175 e. The van der Waals surface area contributed by atoms with Crippen LogP contribution in [0.2, 0.25) is 0 Å². The smallest absolute Gasteiger partial charge is 0.175 e. The van der Waals surface area contributed by atoms with Crippen LogP contribution in [0.3, 0.4) is 0 Å². The largest absolute Gasteiger partial charge is 0.381 e. The molecule has 0 spiro atoms. The normalized spacial score (nSPS) is 26.4. The minimum Gasteiger partial charge on any atom is -0.381 e. The van der Waals surface area contributed by atoms with Gasteiger partial charge in [-0.2, -0.15) is 0 Å². The molecule has 3 aliphatic heterocycles. The summed E-state index contributed by atoms with van der Waals surface area (Å²) >= 11 is 0. The molecule has 3 saturated heterocycles. The highest BCUT2D eigenvalue weighted by Crippen LogP contribution is 2.26. The highest BCUT2D eigenvalue weighted by atomic mass is 32.2. The standard InChI is InChI=1S/C25H42N4O3S/c1-26-11-13-27(14-12-26)10-3-17-32-21-23-4-7-24-20-28(15-16-29(24)19-23)18-22-5-8-25(9-6-22)33(2,30)31/h5-6,8-9,23-24H,3-4,7,10-21H2,1-2H3. The van der Waals surface area contributed by atoms with E-state index in [1.165, 1.54) is 63.9 Å². The molecule has 0 saturated carbocycles. The quantitative estimate of drug-likeness (QED) is 0.500. The Morgan fingerprint density at radius 1 is 0.939 bits per heavy atom. The Morgan fingerprint density at radius 2 is 1.67 bits per heavy atom. The third-order valence-corrected chi connectivity index (χ3v) is 8.69. The molecule has 8 heteroatoms. The molecule has 1 aromatic rings. The minimum atomic E-state index is -3.13. The number of benzene rings is 1. The molecule has 3 fully saturated rings. The number of ether oxygens (including phenoxy) is 1. The molecule has 0 aromatic heterocycles. The lowest BCUT2D eigenvalue weighted by Crippen LogP contribution is -2.56. The minimum absolute atomic E-state index is 0.399. The first-order valence-electron chi connectivity index (χ1n) is 12.6. The van der Waals surface area contributed by atoms with Gasteiger partial charge in [0.15, 0.2) is 9.84 Å². The number of piperazine rings is 2. The number of rotatable bonds is 9. The third-order valence-electron chi connectivity index (χ3n) is 7.56. The Bertz CT molecular complexity index is 840. The van der Waals surface area contributed by atoms with Crippen molar-refractivity contribution in [1.29, 1.82) is 0 Å². The Labute approximate surface area is 200 Å². The van der Waals surface area contributed by atoms with Crippen molar-refractivity contribution in [3.63, 3.8) is 0 Å². The Morgan fingerprint density at radius 3 is 2.39 bits per heavy atom. The summed E-state index contributed by atoms with van der Waals surface area (Å²) in [5, 5.41) is 0. The van der Waals surface area contributed by atoms with Gasteiger partial charge in [-0.25, -0.2) is 8.42 Å². The van der Waals surface area contributed by atoms with E-state index >= 15 is 0 Å². The van der Waals surface area contributed by atoms with Gasteiger partial charge in [0.25, 0.3) is 0 Å². The van der Waals surface area contributed by atoms with E-state index in [0.717, 1.165) is 45.8 Å². The van der Waals surface area contributed by atoms with E-state index in [1.54, 1.807) is 12.1 Å². The van der Waals surface area contributed by atoms with Gasteiger partial charge in [-0.1, -0.05) is 12.1 Å². The number of piperidine rings is 1. The zero-order chi connectivity index (χ0) is 23.3. The molecule has 186 valence electrons. The van der Waals surface area contributed by atoms with Crippen LogP contribution in [0.1, 0.15) is 24.8 Å². The summed E-state index contributed by atoms with van der Waals surface area (Å²) in [6.07, 6.45) is 4.91. The van der Waals surface area contributed by atoms with E-state index in [-0.39, 0.29) is 0 Å². The van der Waals surface area contributed by atoms with Crippen LogP contribution in [-0.4, -0.2) is 119 Å². The van der Waals surface area contributed by atoms with Gasteiger partial charge >= 0.3 is 0 Å². The number of fused-ring (bicyclic) bond motifs is 1. The molecule has 0 N–H and O–H groups in total. The van der Waals surface area contributed by atoms with E-state index < -0.39 is 9.84 Å². The van der Waals surface area contributed by atoms with Crippen LogP contribution in [0.5, 0.6) is 0 Å². The molecule has 0 aliphatic carbocycles. The predicted molar refractivity (Wildman–Crippen MR) is 132 cm³/mol. The van der Waals surface area contributed by atoms with E-state index in [0.29, 0.717) is 16.9 Å². The summed E-state index contributed by atoms with van der Waals surface area (Å²) in [5.41, 5.74) is 1.19. The maximum atomic E-state index is 11.7. The number of hydrogen-bond donors (Lipinski definition) is 0. The molecule has 2 atom stereocenters. The van der Waals surface area contributed by atoms with Crippen molar-refractivity contribution in [2.24, 2.45) is 5.92 Å². The van der Waals surface area contributed by atoms with Crippen LogP contribution < -0.4 is 0 Å². The molecule has 0 bridgehead atoms. The first-order valence-corrected chi connectivity index (χ1v) is 14.5. The zero-order valence-electron chi connectivity index (χ0n) is 20.5. The van der Waals surface area contributed by atoms with Crippen molar-refractivity contribution in [3.05, 3.63) is 29.8 Å². The molecule has 0 radical (unpaired) electrons. The van der Waals surface area contributed by atoms with Crippen LogP contribution in [-0.2, 0) is 21.1 Å². The van der Waals surface area contributed by atoms with Crippen LogP contribution in [0.4, 0.5) is 0 Å². The van der Waals surface area contributed by atoms with Crippen molar-refractivity contribution in [3.8, 4) is 0 Å². The second kappa shape index (κ2) is 11.6. The first kappa shape index (κ1) is 25.1. The van der Waals surface area contributed by atoms with Gasteiger partial charge in [0.2, 0.25) is 0 Å².